The van der Waals surface area contributed by atoms with Crippen molar-refractivity contribution in [3.05, 3.63) is 151 Å². The minimum atomic E-state index is -0.0671. The molecule has 1 aliphatic rings. The van der Waals surface area contributed by atoms with Crippen molar-refractivity contribution in [3.63, 3.8) is 0 Å². The molecule has 2 aromatic heterocycles. The number of hydrogen-bond acceptors (Lipinski definition) is 4. The zero-order valence-corrected chi connectivity index (χ0v) is 25.5. The van der Waals surface area contributed by atoms with E-state index in [1.165, 1.54) is 27.8 Å². The van der Waals surface area contributed by atoms with Crippen LogP contribution in [-0.2, 0) is 5.41 Å². The summed E-state index contributed by atoms with van der Waals surface area (Å²) in [6.07, 6.45) is 0. The monoisotopic (exact) mass is 591 g/mol. The van der Waals surface area contributed by atoms with Crippen molar-refractivity contribution in [2.24, 2.45) is 0 Å². The van der Waals surface area contributed by atoms with Gasteiger partial charge in [-0.25, -0.2) is 15.0 Å². The molecule has 0 bridgehead atoms. The Hall–Kier alpha value is -5.87. The molecule has 0 unspecified atom stereocenters. The van der Waals surface area contributed by atoms with Gasteiger partial charge < -0.3 is 4.42 Å². The fourth-order valence-electron chi connectivity index (χ4n) is 6.93. The van der Waals surface area contributed by atoms with Crippen molar-refractivity contribution in [2.75, 3.05) is 0 Å². The minimum Gasteiger partial charge on any atom is -0.456 e. The van der Waals surface area contributed by atoms with Crippen molar-refractivity contribution in [2.45, 2.75) is 19.3 Å². The minimum absolute atomic E-state index is 0.0671. The Balaban J connectivity index is 1.21. The van der Waals surface area contributed by atoms with Gasteiger partial charge in [-0.3, -0.25) is 0 Å². The molecule has 0 atom stereocenters. The predicted molar refractivity (Wildman–Crippen MR) is 186 cm³/mol. The Morgan fingerprint density at radius 2 is 0.957 bits per heavy atom. The van der Waals surface area contributed by atoms with Gasteiger partial charge in [0.1, 0.15) is 11.2 Å². The highest BCUT2D eigenvalue weighted by atomic mass is 16.3. The van der Waals surface area contributed by atoms with E-state index in [1.807, 2.05) is 30.3 Å². The maximum atomic E-state index is 6.23. The summed E-state index contributed by atoms with van der Waals surface area (Å²) in [5, 5.41) is 2.17. The van der Waals surface area contributed by atoms with Gasteiger partial charge in [0.15, 0.2) is 17.5 Å². The summed E-state index contributed by atoms with van der Waals surface area (Å²) in [5.74, 6) is 1.88. The first-order valence-corrected chi connectivity index (χ1v) is 15.6. The summed E-state index contributed by atoms with van der Waals surface area (Å²) in [4.78, 5) is 15.2. The van der Waals surface area contributed by atoms with Gasteiger partial charge >= 0.3 is 0 Å². The number of fused-ring (bicyclic) bond motifs is 6. The number of hydrogen-bond donors (Lipinski definition) is 0. The van der Waals surface area contributed by atoms with Crippen molar-refractivity contribution >= 4 is 21.9 Å². The standard InChI is InChI=1S/C42H29N3O/c1-42(2)35-14-8-6-12-31(35)34-24-29(21-23-36(34)42)40-43-39(28-18-16-27(17-19-28)26-10-4-3-5-11-26)44-41(45-40)30-20-22-33-32-13-7-9-15-37(32)46-38(33)25-30/h3-25H,1-2H3. The molecule has 9 rings (SSSR count). The lowest BCUT2D eigenvalue weighted by atomic mass is 9.82. The molecular weight excluding hydrogens is 562 g/mol. The molecule has 0 saturated carbocycles. The predicted octanol–water partition coefficient (Wildman–Crippen LogP) is 10.7. The Morgan fingerprint density at radius 1 is 0.413 bits per heavy atom. The van der Waals surface area contributed by atoms with Crippen LogP contribution in [0.5, 0.6) is 0 Å². The molecule has 0 fully saturated rings. The first kappa shape index (κ1) is 26.5. The highest BCUT2D eigenvalue weighted by Crippen LogP contribution is 2.49. The third-order valence-corrected chi connectivity index (χ3v) is 9.36. The molecular formula is C42H29N3O. The Bertz CT molecular complexity index is 2440. The van der Waals surface area contributed by atoms with Crippen LogP contribution in [0.15, 0.2) is 144 Å². The summed E-state index contributed by atoms with van der Waals surface area (Å²) in [6, 6.07) is 48.5. The van der Waals surface area contributed by atoms with E-state index in [1.54, 1.807) is 0 Å². The van der Waals surface area contributed by atoms with Crippen LogP contribution in [0.2, 0.25) is 0 Å². The number of rotatable bonds is 4. The number of para-hydroxylation sites is 1. The molecule has 0 radical (unpaired) electrons. The van der Waals surface area contributed by atoms with E-state index in [9.17, 15) is 0 Å². The molecule has 1 aliphatic carbocycles. The first-order valence-electron chi connectivity index (χ1n) is 15.6. The van der Waals surface area contributed by atoms with E-state index >= 15 is 0 Å². The van der Waals surface area contributed by atoms with Crippen LogP contribution in [0, 0.1) is 0 Å². The van der Waals surface area contributed by atoms with Crippen LogP contribution in [0.3, 0.4) is 0 Å². The van der Waals surface area contributed by atoms with Gasteiger partial charge in [0.25, 0.3) is 0 Å². The Labute approximate surface area is 267 Å². The van der Waals surface area contributed by atoms with Crippen LogP contribution >= 0.6 is 0 Å². The molecule has 46 heavy (non-hydrogen) atoms. The summed E-state index contributed by atoms with van der Waals surface area (Å²) in [7, 11) is 0. The van der Waals surface area contributed by atoms with Crippen LogP contribution in [0.4, 0.5) is 0 Å². The summed E-state index contributed by atoms with van der Waals surface area (Å²) in [5.41, 5.74) is 11.9. The normalized spacial score (nSPS) is 13.2. The lowest BCUT2D eigenvalue weighted by Gasteiger charge is -2.21. The fourth-order valence-corrected chi connectivity index (χ4v) is 6.93. The molecule has 0 saturated heterocycles. The highest BCUT2D eigenvalue weighted by Gasteiger charge is 2.35. The third-order valence-electron chi connectivity index (χ3n) is 9.36. The summed E-state index contributed by atoms with van der Waals surface area (Å²) in [6.45, 7) is 4.59. The fraction of sp³-hybridized carbons (Fsp3) is 0.0714. The zero-order valence-electron chi connectivity index (χ0n) is 25.5. The Morgan fingerprint density at radius 3 is 1.76 bits per heavy atom. The molecule has 2 heterocycles. The number of benzene rings is 6. The summed E-state index contributed by atoms with van der Waals surface area (Å²) < 4.78 is 6.23. The van der Waals surface area contributed by atoms with Crippen LogP contribution in [0.25, 0.3) is 78.4 Å². The van der Waals surface area contributed by atoms with Gasteiger partial charge in [0, 0.05) is 32.9 Å². The topological polar surface area (TPSA) is 51.8 Å². The van der Waals surface area contributed by atoms with Crippen LogP contribution in [-0.4, -0.2) is 15.0 Å². The van der Waals surface area contributed by atoms with Gasteiger partial charge in [0.05, 0.1) is 0 Å². The second-order valence-electron chi connectivity index (χ2n) is 12.5. The number of aromatic nitrogens is 3. The van der Waals surface area contributed by atoms with E-state index in [0.29, 0.717) is 17.5 Å². The largest absolute Gasteiger partial charge is 0.456 e. The van der Waals surface area contributed by atoms with E-state index in [-0.39, 0.29) is 5.41 Å². The zero-order chi connectivity index (χ0) is 30.8. The molecule has 218 valence electrons. The average Bonchev–Trinajstić information content (AvgIpc) is 3.60. The maximum absolute atomic E-state index is 6.23. The molecule has 0 spiro atoms. The molecule has 6 aromatic carbocycles. The lowest BCUT2D eigenvalue weighted by Crippen LogP contribution is -2.14. The van der Waals surface area contributed by atoms with Gasteiger partial charge in [-0.2, -0.15) is 0 Å². The van der Waals surface area contributed by atoms with Gasteiger partial charge in [0.2, 0.25) is 0 Å². The second kappa shape index (κ2) is 10.1. The number of nitrogens with zero attached hydrogens (tertiary/aromatic N) is 3. The van der Waals surface area contributed by atoms with E-state index in [4.69, 9.17) is 19.4 Å². The van der Waals surface area contributed by atoms with Crippen molar-refractivity contribution in [1.29, 1.82) is 0 Å². The lowest BCUT2D eigenvalue weighted by molar-refractivity contribution is 0.660. The smallest absolute Gasteiger partial charge is 0.164 e. The van der Waals surface area contributed by atoms with Crippen LogP contribution < -0.4 is 0 Å². The quantitative estimate of drug-likeness (QED) is 0.204. The van der Waals surface area contributed by atoms with Crippen molar-refractivity contribution in [1.82, 2.24) is 15.0 Å². The molecule has 0 amide bonds. The average molecular weight is 592 g/mol. The van der Waals surface area contributed by atoms with Gasteiger partial charge in [-0.15, -0.1) is 0 Å². The molecule has 4 heteroatoms. The molecule has 0 aliphatic heterocycles. The molecule has 8 aromatic rings. The van der Waals surface area contributed by atoms with E-state index in [2.05, 4.69) is 123 Å². The third kappa shape index (κ3) is 4.18. The van der Waals surface area contributed by atoms with Crippen LogP contribution in [0.1, 0.15) is 25.0 Å². The first-order chi connectivity index (χ1) is 22.5. The SMILES string of the molecule is CC1(C)c2ccccc2-c2cc(-c3nc(-c4ccc(-c5ccccc5)cc4)nc(-c4ccc5c(c4)oc4ccccc45)n3)ccc21. The second-order valence-corrected chi connectivity index (χ2v) is 12.5. The van der Waals surface area contributed by atoms with Crippen molar-refractivity contribution < 1.29 is 4.42 Å². The maximum Gasteiger partial charge on any atom is 0.164 e. The van der Waals surface area contributed by atoms with Gasteiger partial charge in [-0.05, 0) is 57.6 Å². The van der Waals surface area contributed by atoms with E-state index in [0.717, 1.165) is 44.2 Å². The van der Waals surface area contributed by atoms with Crippen molar-refractivity contribution in [3.8, 4) is 56.4 Å². The Kier molecular flexibility index (Phi) is 5.81. The molecule has 0 N–H and O–H groups in total. The number of furan rings is 1. The molecule has 4 nitrogen and oxygen atoms in total. The summed E-state index contributed by atoms with van der Waals surface area (Å²) >= 11 is 0. The highest BCUT2D eigenvalue weighted by molar-refractivity contribution is 6.05. The van der Waals surface area contributed by atoms with E-state index < -0.39 is 0 Å². The van der Waals surface area contributed by atoms with Gasteiger partial charge in [-0.1, -0.05) is 129 Å².